The van der Waals surface area contributed by atoms with Gasteiger partial charge in [0, 0.05) is 6.42 Å². The summed E-state index contributed by atoms with van der Waals surface area (Å²) in [5, 5.41) is 0. The van der Waals surface area contributed by atoms with Gasteiger partial charge in [-0.1, -0.05) is 175 Å². The topological polar surface area (TPSA) is 26.3 Å². The summed E-state index contributed by atoms with van der Waals surface area (Å²) in [7, 11) is 0. The van der Waals surface area contributed by atoms with Gasteiger partial charge in [0.2, 0.25) is 0 Å². The molecule has 0 saturated carbocycles. The molecule has 0 spiro atoms. The summed E-state index contributed by atoms with van der Waals surface area (Å²) in [6, 6.07) is 0. The van der Waals surface area contributed by atoms with E-state index in [4.69, 9.17) is 4.74 Å². The number of carbonyl (C=O) groups excluding carboxylic acids is 1. The lowest BCUT2D eigenvalue weighted by molar-refractivity contribution is -0.145. The van der Waals surface area contributed by atoms with Crippen molar-refractivity contribution in [2.24, 2.45) is 5.92 Å². The van der Waals surface area contributed by atoms with Gasteiger partial charge in [-0.25, -0.2) is 0 Å². The Kier molecular flexibility index (Phi) is 30.2. The normalized spacial score (nSPS) is 12.2. The molecule has 0 fully saturated rings. The van der Waals surface area contributed by atoms with E-state index in [0.29, 0.717) is 18.9 Å². The number of rotatable bonds is 30. The highest BCUT2D eigenvalue weighted by atomic mass is 16.5. The van der Waals surface area contributed by atoms with E-state index in [0.717, 1.165) is 6.42 Å². The minimum atomic E-state index is 0.0469. The van der Waals surface area contributed by atoms with Crippen LogP contribution in [-0.4, -0.2) is 12.6 Å². The average Bonchev–Trinajstić information content (AvgIpc) is 2.88. The van der Waals surface area contributed by atoms with Crippen molar-refractivity contribution in [2.75, 3.05) is 6.61 Å². The maximum atomic E-state index is 12.3. The third-order valence-electron chi connectivity index (χ3n) is 7.90. The van der Waals surface area contributed by atoms with Crippen molar-refractivity contribution in [3.05, 3.63) is 0 Å². The molecule has 0 aromatic heterocycles. The van der Waals surface area contributed by atoms with Gasteiger partial charge in [0.05, 0.1) is 6.61 Å². The van der Waals surface area contributed by atoms with Crippen LogP contribution in [0.2, 0.25) is 0 Å². The maximum absolute atomic E-state index is 12.3. The Balaban J connectivity index is 3.69. The summed E-state index contributed by atoms with van der Waals surface area (Å²) >= 11 is 0. The van der Waals surface area contributed by atoms with Crippen LogP contribution in [0.3, 0.4) is 0 Å². The fourth-order valence-corrected chi connectivity index (χ4v) is 5.31. The number of hydrogen-bond donors (Lipinski definition) is 0. The van der Waals surface area contributed by atoms with Gasteiger partial charge in [0.25, 0.3) is 0 Å². The highest BCUT2D eigenvalue weighted by Gasteiger charge is 2.12. The molecule has 0 aromatic carbocycles. The van der Waals surface area contributed by atoms with Gasteiger partial charge >= 0.3 is 5.97 Å². The lowest BCUT2D eigenvalue weighted by Gasteiger charge is -2.17. The molecule has 2 heteroatoms. The zero-order valence-corrected chi connectivity index (χ0v) is 25.4. The molecule has 0 aliphatic rings. The molecule has 0 bridgehead atoms. The Morgan fingerprint density at radius 1 is 0.444 bits per heavy atom. The predicted molar refractivity (Wildman–Crippen MR) is 161 cm³/mol. The van der Waals surface area contributed by atoms with Crippen LogP contribution in [0.15, 0.2) is 0 Å². The smallest absolute Gasteiger partial charge is 0.305 e. The number of hydrogen-bond acceptors (Lipinski definition) is 2. The van der Waals surface area contributed by atoms with Crippen LogP contribution in [0, 0.1) is 5.92 Å². The summed E-state index contributed by atoms with van der Waals surface area (Å²) < 4.78 is 5.74. The molecule has 0 amide bonds. The third-order valence-corrected chi connectivity index (χ3v) is 7.90. The molecule has 0 N–H and O–H groups in total. The van der Waals surface area contributed by atoms with E-state index in [1.165, 1.54) is 167 Å². The van der Waals surface area contributed by atoms with Crippen LogP contribution in [0.4, 0.5) is 0 Å². The van der Waals surface area contributed by atoms with Crippen molar-refractivity contribution in [1.82, 2.24) is 0 Å². The van der Waals surface area contributed by atoms with Crippen LogP contribution in [0.5, 0.6) is 0 Å². The molecule has 36 heavy (non-hydrogen) atoms. The number of esters is 1. The number of carbonyl (C=O) groups is 1. The van der Waals surface area contributed by atoms with E-state index in [1.807, 2.05) is 0 Å². The highest BCUT2D eigenvalue weighted by Crippen LogP contribution is 2.20. The minimum Gasteiger partial charge on any atom is -0.465 e. The van der Waals surface area contributed by atoms with Crippen molar-refractivity contribution in [3.63, 3.8) is 0 Å². The van der Waals surface area contributed by atoms with E-state index < -0.39 is 0 Å². The first kappa shape index (κ1) is 35.5. The molecule has 0 rings (SSSR count). The first-order valence-electron chi connectivity index (χ1n) is 16.9. The summed E-state index contributed by atoms with van der Waals surface area (Å²) in [6.45, 7) is 7.51. The summed E-state index contributed by atoms with van der Waals surface area (Å²) in [5.41, 5.74) is 0. The quantitative estimate of drug-likeness (QED) is 0.0712. The van der Waals surface area contributed by atoms with Gasteiger partial charge in [0.1, 0.15) is 0 Å². The Hall–Kier alpha value is -0.530. The first-order valence-corrected chi connectivity index (χ1v) is 16.9. The summed E-state index contributed by atoms with van der Waals surface area (Å²) in [4.78, 5) is 12.3. The van der Waals surface area contributed by atoms with Crippen LogP contribution < -0.4 is 0 Å². The van der Waals surface area contributed by atoms with E-state index in [9.17, 15) is 4.79 Å². The van der Waals surface area contributed by atoms with E-state index in [2.05, 4.69) is 20.8 Å². The second kappa shape index (κ2) is 30.7. The molecule has 0 radical (unpaired) electrons. The van der Waals surface area contributed by atoms with E-state index in [-0.39, 0.29) is 5.97 Å². The van der Waals surface area contributed by atoms with Crippen LogP contribution >= 0.6 is 0 Å². The first-order chi connectivity index (χ1) is 17.7. The fourth-order valence-electron chi connectivity index (χ4n) is 5.31. The van der Waals surface area contributed by atoms with Gasteiger partial charge in [-0.2, -0.15) is 0 Å². The van der Waals surface area contributed by atoms with Crippen molar-refractivity contribution in [1.29, 1.82) is 0 Å². The van der Waals surface area contributed by atoms with Crippen LogP contribution in [0.1, 0.15) is 201 Å². The van der Waals surface area contributed by atoms with Gasteiger partial charge in [-0.3, -0.25) is 4.79 Å². The highest BCUT2D eigenvalue weighted by molar-refractivity contribution is 5.69. The van der Waals surface area contributed by atoms with E-state index >= 15 is 0 Å². The molecular weight excluding hydrogens is 440 g/mol. The summed E-state index contributed by atoms with van der Waals surface area (Å²) in [6.07, 6.45) is 36.9. The number of unbranched alkanes of at least 4 members (excludes halogenated alkanes) is 22. The average molecular weight is 509 g/mol. The lowest BCUT2D eigenvalue weighted by atomic mass is 9.95. The van der Waals surface area contributed by atoms with Gasteiger partial charge in [0.15, 0.2) is 0 Å². The zero-order chi connectivity index (χ0) is 26.4. The molecule has 0 aliphatic heterocycles. The van der Waals surface area contributed by atoms with Crippen molar-refractivity contribution in [3.8, 4) is 0 Å². The van der Waals surface area contributed by atoms with Crippen LogP contribution in [-0.2, 0) is 9.53 Å². The second-order valence-corrected chi connectivity index (χ2v) is 11.7. The predicted octanol–water partition coefficient (Wildman–Crippen LogP) is 12.1. The van der Waals surface area contributed by atoms with Crippen LogP contribution in [0.25, 0.3) is 0 Å². The van der Waals surface area contributed by atoms with E-state index in [1.54, 1.807) is 0 Å². The molecular formula is C34H68O2. The Labute approximate surface area is 228 Å². The largest absolute Gasteiger partial charge is 0.465 e. The standard InChI is InChI=1S/C34H68O2/c1-4-7-10-12-14-16-17-18-19-21-23-25-28-31-34(35)36-32-33(29-26-9-6-3)30-27-24-22-20-15-13-11-8-5-2/h33H,4-32H2,1-3H3. The lowest BCUT2D eigenvalue weighted by Crippen LogP contribution is -2.14. The summed E-state index contributed by atoms with van der Waals surface area (Å²) in [5.74, 6) is 0.627. The molecule has 1 atom stereocenters. The monoisotopic (exact) mass is 509 g/mol. The van der Waals surface area contributed by atoms with Gasteiger partial charge in [-0.15, -0.1) is 0 Å². The Bertz CT molecular complexity index is 419. The van der Waals surface area contributed by atoms with Gasteiger partial charge in [-0.05, 0) is 25.2 Å². The van der Waals surface area contributed by atoms with Crippen molar-refractivity contribution >= 4 is 5.97 Å². The Morgan fingerprint density at radius 2 is 0.750 bits per heavy atom. The SMILES string of the molecule is CCCCCCCCCCCCCCCC(=O)OCC(CCCCC)CCCCCCCCCCC. The molecule has 0 aromatic rings. The molecule has 1 unspecified atom stereocenters. The zero-order valence-electron chi connectivity index (χ0n) is 25.4. The molecule has 0 saturated heterocycles. The second-order valence-electron chi connectivity index (χ2n) is 11.7. The Morgan fingerprint density at radius 3 is 1.17 bits per heavy atom. The third kappa shape index (κ3) is 28.0. The molecule has 0 aliphatic carbocycles. The molecule has 2 nitrogen and oxygen atoms in total. The maximum Gasteiger partial charge on any atom is 0.305 e. The number of ether oxygens (including phenoxy) is 1. The van der Waals surface area contributed by atoms with Crippen molar-refractivity contribution < 1.29 is 9.53 Å². The fraction of sp³-hybridized carbons (Fsp3) is 0.971. The molecule has 216 valence electrons. The minimum absolute atomic E-state index is 0.0469. The molecule has 0 heterocycles. The van der Waals surface area contributed by atoms with Gasteiger partial charge < -0.3 is 4.74 Å². The van der Waals surface area contributed by atoms with Crippen molar-refractivity contribution in [2.45, 2.75) is 201 Å².